The SMILES string of the molecule is Cc1ncc(-c2ccc3cnc(CC(=O)C4CCC(N(C)CC(C)F)CC4)cc3c2)o1. The number of carbonyl (C=O) groups is 1. The Labute approximate surface area is 182 Å². The molecule has 0 aliphatic heterocycles. The molecule has 1 saturated carbocycles. The fraction of sp³-hybridized carbons (Fsp3) is 0.480. The quantitative estimate of drug-likeness (QED) is 0.525. The van der Waals surface area contributed by atoms with Gasteiger partial charge in [-0.05, 0) is 57.2 Å². The number of hydrogen-bond donors (Lipinski definition) is 0. The molecule has 0 spiro atoms. The fourth-order valence-electron chi connectivity index (χ4n) is 4.64. The third-order valence-electron chi connectivity index (χ3n) is 6.35. The van der Waals surface area contributed by atoms with Gasteiger partial charge >= 0.3 is 0 Å². The topological polar surface area (TPSA) is 59.2 Å². The van der Waals surface area contributed by atoms with Crippen molar-refractivity contribution in [3.63, 3.8) is 0 Å². The Balaban J connectivity index is 1.41. The second-order valence-corrected chi connectivity index (χ2v) is 8.85. The van der Waals surface area contributed by atoms with Crippen molar-refractivity contribution in [2.45, 2.75) is 58.2 Å². The normalized spacial score (nSPS) is 20.3. The van der Waals surface area contributed by atoms with E-state index in [0.29, 0.717) is 24.9 Å². The predicted octanol–water partition coefficient (Wildman–Crippen LogP) is 5.16. The van der Waals surface area contributed by atoms with Gasteiger partial charge in [0, 0.05) is 54.7 Å². The molecule has 3 aromatic rings. The molecule has 31 heavy (non-hydrogen) atoms. The first-order chi connectivity index (χ1) is 14.9. The van der Waals surface area contributed by atoms with Crippen LogP contribution in [0.4, 0.5) is 4.39 Å². The number of halogens is 1. The van der Waals surface area contributed by atoms with Crippen molar-refractivity contribution >= 4 is 16.6 Å². The van der Waals surface area contributed by atoms with E-state index >= 15 is 0 Å². The lowest BCUT2D eigenvalue weighted by Crippen LogP contribution is -2.39. The number of rotatable bonds is 7. The van der Waals surface area contributed by atoms with Crippen LogP contribution in [0.15, 0.2) is 41.1 Å². The van der Waals surface area contributed by atoms with Crippen LogP contribution in [-0.4, -0.2) is 46.5 Å². The Hall–Kier alpha value is -2.60. The summed E-state index contributed by atoms with van der Waals surface area (Å²) in [7, 11) is 1.98. The van der Waals surface area contributed by atoms with Crippen LogP contribution in [0.1, 0.15) is 44.2 Å². The molecule has 1 atom stereocenters. The second-order valence-electron chi connectivity index (χ2n) is 8.85. The number of benzene rings is 1. The summed E-state index contributed by atoms with van der Waals surface area (Å²) in [5, 5.41) is 2.07. The van der Waals surface area contributed by atoms with E-state index in [1.165, 1.54) is 0 Å². The van der Waals surface area contributed by atoms with Crippen molar-refractivity contribution in [3.8, 4) is 11.3 Å². The second kappa shape index (κ2) is 9.27. The molecule has 5 nitrogen and oxygen atoms in total. The zero-order valence-electron chi connectivity index (χ0n) is 18.5. The van der Waals surface area contributed by atoms with E-state index in [1.54, 1.807) is 13.1 Å². The molecule has 2 heterocycles. The van der Waals surface area contributed by atoms with Crippen molar-refractivity contribution in [2.24, 2.45) is 5.92 Å². The average Bonchev–Trinajstić information content (AvgIpc) is 3.19. The molecular formula is C25H30FN3O2. The highest BCUT2D eigenvalue weighted by molar-refractivity contribution is 5.88. The van der Waals surface area contributed by atoms with Crippen molar-refractivity contribution in [2.75, 3.05) is 13.6 Å². The molecule has 1 aliphatic carbocycles. The molecule has 0 N–H and O–H groups in total. The number of oxazole rings is 1. The summed E-state index contributed by atoms with van der Waals surface area (Å²) in [5.74, 6) is 1.70. The van der Waals surface area contributed by atoms with Gasteiger partial charge in [0.2, 0.25) is 0 Å². The van der Waals surface area contributed by atoms with Crippen molar-refractivity contribution in [1.82, 2.24) is 14.9 Å². The molecule has 0 saturated heterocycles. The zero-order chi connectivity index (χ0) is 22.0. The largest absolute Gasteiger partial charge is 0.441 e. The van der Waals surface area contributed by atoms with Crippen LogP contribution in [0.5, 0.6) is 0 Å². The van der Waals surface area contributed by atoms with Crippen LogP contribution in [0.3, 0.4) is 0 Å². The van der Waals surface area contributed by atoms with Crippen LogP contribution in [0, 0.1) is 12.8 Å². The van der Waals surface area contributed by atoms with Gasteiger partial charge in [0.05, 0.1) is 6.20 Å². The van der Waals surface area contributed by atoms with Crippen LogP contribution in [0.25, 0.3) is 22.1 Å². The number of pyridine rings is 1. The van der Waals surface area contributed by atoms with Crippen molar-refractivity contribution < 1.29 is 13.6 Å². The molecular weight excluding hydrogens is 393 g/mol. The number of hydrogen-bond acceptors (Lipinski definition) is 5. The minimum Gasteiger partial charge on any atom is -0.441 e. The lowest BCUT2D eigenvalue weighted by Gasteiger charge is -2.34. The van der Waals surface area contributed by atoms with Gasteiger partial charge in [0.25, 0.3) is 0 Å². The van der Waals surface area contributed by atoms with Gasteiger partial charge < -0.3 is 9.32 Å². The van der Waals surface area contributed by atoms with Gasteiger partial charge in [-0.1, -0.05) is 12.1 Å². The molecule has 4 rings (SSSR count). The lowest BCUT2D eigenvalue weighted by atomic mass is 9.81. The van der Waals surface area contributed by atoms with Gasteiger partial charge in [-0.3, -0.25) is 9.78 Å². The van der Waals surface area contributed by atoms with Gasteiger partial charge in [0.1, 0.15) is 12.0 Å². The number of carbonyl (C=O) groups excluding carboxylic acids is 1. The van der Waals surface area contributed by atoms with Gasteiger partial charge in [-0.25, -0.2) is 9.37 Å². The molecule has 1 aliphatic rings. The number of ketones is 1. The number of fused-ring (bicyclic) bond motifs is 1. The number of aryl methyl sites for hydroxylation is 1. The van der Waals surface area contributed by atoms with Crippen LogP contribution in [0.2, 0.25) is 0 Å². The number of alkyl halides is 1. The number of Topliss-reactive ketones (excluding diaryl/α,β-unsaturated/α-hetero) is 1. The van der Waals surface area contributed by atoms with Gasteiger partial charge in [-0.2, -0.15) is 0 Å². The third kappa shape index (κ3) is 5.18. The first kappa shape index (κ1) is 21.6. The molecule has 1 aromatic carbocycles. The third-order valence-corrected chi connectivity index (χ3v) is 6.35. The molecule has 2 aromatic heterocycles. The summed E-state index contributed by atoms with van der Waals surface area (Å²) in [6.07, 6.45) is 6.73. The van der Waals surface area contributed by atoms with Gasteiger partial charge in [-0.15, -0.1) is 0 Å². The summed E-state index contributed by atoms with van der Waals surface area (Å²) >= 11 is 0. The van der Waals surface area contributed by atoms with Crippen LogP contribution >= 0.6 is 0 Å². The summed E-state index contributed by atoms with van der Waals surface area (Å²) in [5.41, 5.74) is 1.76. The minimum atomic E-state index is -0.822. The van der Waals surface area contributed by atoms with Crippen molar-refractivity contribution in [1.29, 1.82) is 0 Å². The standard InChI is InChI=1S/C25H30FN3O2/c1-16(26)15-29(3)23-8-6-18(7-9-23)24(30)12-22-11-21-10-19(4-5-20(21)13-28-22)25-14-27-17(2)31-25/h4-5,10-11,13-14,16,18,23H,6-9,12,15H2,1-3H3. The smallest absolute Gasteiger partial charge is 0.191 e. The highest BCUT2D eigenvalue weighted by Gasteiger charge is 2.28. The lowest BCUT2D eigenvalue weighted by molar-refractivity contribution is -0.123. The van der Waals surface area contributed by atoms with E-state index in [2.05, 4.69) is 20.9 Å². The maximum Gasteiger partial charge on any atom is 0.191 e. The van der Waals surface area contributed by atoms with E-state index in [9.17, 15) is 9.18 Å². The molecule has 0 radical (unpaired) electrons. The monoisotopic (exact) mass is 423 g/mol. The minimum absolute atomic E-state index is 0.0773. The maximum atomic E-state index is 13.3. The first-order valence-electron chi connectivity index (χ1n) is 11.1. The number of aromatic nitrogens is 2. The molecule has 0 amide bonds. The molecule has 164 valence electrons. The Morgan fingerprint density at radius 1 is 1.16 bits per heavy atom. The fourth-order valence-corrected chi connectivity index (χ4v) is 4.64. The van der Waals surface area contributed by atoms with E-state index in [1.807, 2.05) is 38.4 Å². The maximum absolute atomic E-state index is 13.3. The van der Waals surface area contributed by atoms with Crippen molar-refractivity contribution in [3.05, 3.63) is 48.2 Å². The summed E-state index contributed by atoms with van der Waals surface area (Å²) < 4.78 is 18.9. The Bertz CT molecular complexity index is 1050. The van der Waals surface area contributed by atoms with Crippen LogP contribution in [-0.2, 0) is 11.2 Å². The highest BCUT2D eigenvalue weighted by atomic mass is 19.1. The highest BCUT2D eigenvalue weighted by Crippen LogP contribution is 2.29. The first-order valence-corrected chi connectivity index (χ1v) is 11.1. The predicted molar refractivity (Wildman–Crippen MR) is 120 cm³/mol. The van der Waals surface area contributed by atoms with E-state index < -0.39 is 6.17 Å². The average molecular weight is 424 g/mol. The molecule has 0 bridgehead atoms. The molecule has 1 unspecified atom stereocenters. The summed E-state index contributed by atoms with van der Waals surface area (Å²) in [6, 6.07) is 8.43. The Kier molecular flexibility index (Phi) is 6.46. The Morgan fingerprint density at radius 3 is 2.61 bits per heavy atom. The van der Waals surface area contributed by atoms with E-state index in [0.717, 1.165) is 53.5 Å². The summed E-state index contributed by atoms with van der Waals surface area (Å²) in [4.78, 5) is 23.7. The van der Waals surface area contributed by atoms with E-state index in [-0.39, 0.29) is 11.7 Å². The molecule has 1 fully saturated rings. The molecule has 6 heteroatoms. The van der Waals surface area contributed by atoms with Gasteiger partial charge in [0.15, 0.2) is 11.7 Å². The summed E-state index contributed by atoms with van der Waals surface area (Å²) in [6.45, 7) is 3.88. The number of nitrogens with zero attached hydrogens (tertiary/aromatic N) is 3. The van der Waals surface area contributed by atoms with E-state index in [4.69, 9.17) is 4.42 Å². The van der Waals surface area contributed by atoms with Crippen LogP contribution < -0.4 is 0 Å². The Morgan fingerprint density at radius 2 is 1.94 bits per heavy atom. The zero-order valence-corrected chi connectivity index (χ0v) is 18.5.